The molecule has 0 N–H and O–H groups in total. The maximum absolute atomic E-state index is 13.8. The topological polar surface area (TPSA) is 60.9 Å². The Morgan fingerprint density at radius 3 is 2.25 bits per heavy atom. The van der Waals surface area contributed by atoms with Gasteiger partial charge in [0.2, 0.25) is 17.7 Å². The average Bonchev–Trinajstić information content (AvgIpc) is 3.04. The summed E-state index contributed by atoms with van der Waals surface area (Å²) in [6, 6.07) is 0.0275. The summed E-state index contributed by atoms with van der Waals surface area (Å²) in [6.07, 6.45) is 4.83. The third-order valence-electron chi connectivity index (χ3n) is 9.54. The van der Waals surface area contributed by atoms with Crippen molar-refractivity contribution in [2.75, 3.05) is 14.1 Å². The molecule has 153 valence electrons. The van der Waals surface area contributed by atoms with Crippen molar-refractivity contribution in [2.45, 2.75) is 83.0 Å². The average molecular weight is 387 g/mol. The number of imide groups is 1. The van der Waals surface area contributed by atoms with Crippen LogP contribution in [0.25, 0.3) is 0 Å². The lowest BCUT2D eigenvalue weighted by molar-refractivity contribution is -0.192. The third kappa shape index (κ3) is 1.53. The number of likely N-dealkylation sites (tertiary alicyclic amines) is 1. The van der Waals surface area contributed by atoms with Crippen molar-refractivity contribution < 1.29 is 14.4 Å². The highest BCUT2D eigenvalue weighted by atomic mass is 16.2. The number of amides is 3. The van der Waals surface area contributed by atoms with E-state index in [1.807, 2.05) is 11.9 Å². The van der Waals surface area contributed by atoms with Gasteiger partial charge in [0.15, 0.2) is 0 Å². The molecule has 5 aliphatic heterocycles. The van der Waals surface area contributed by atoms with Crippen LogP contribution in [0.5, 0.6) is 0 Å². The van der Waals surface area contributed by atoms with Crippen LogP contribution in [-0.4, -0.2) is 69.2 Å². The summed E-state index contributed by atoms with van der Waals surface area (Å²) >= 11 is 0. The van der Waals surface area contributed by atoms with E-state index in [0.717, 1.165) is 12.8 Å². The molecule has 1 saturated carbocycles. The number of nitrogens with zero attached hydrogens (tertiary/aromatic N) is 3. The second-order valence-electron chi connectivity index (χ2n) is 11.3. The van der Waals surface area contributed by atoms with E-state index in [0.29, 0.717) is 6.42 Å². The summed E-state index contributed by atoms with van der Waals surface area (Å²) in [4.78, 5) is 45.6. The minimum Gasteiger partial charge on any atom is -0.337 e. The molecular weight excluding hydrogens is 354 g/mol. The molecule has 5 atom stereocenters. The minimum atomic E-state index is -0.753. The molecule has 1 radical (unpaired) electrons. The fourth-order valence-electron chi connectivity index (χ4n) is 8.28. The molecule has 6 nitrogen and oxygen atoms in total. The van der Waals surface area contributed by atoms with Crippen molar-refractivity contribution in [1.29, 1.82) is 0 Å². The first-order valence-electron chi connectivity index (χ1n) is 10.5. The second-order valence-corrected chi connectivity index (χ2v) is 11.3. The van der Waals surface area contributed by atoms with Gasteiger partial charge in [-0.05, 0) is 50.9 Å². The maximum atomic E-state index is 13.8. The van der Waals surface area contributed by atoms with E-state index < -0.39 is 21.9 Å². The maximum Gasteiger partial charge on any atom is 0.243 e. The molecule has 5 heterocycles. The molecule has 3 amide bonds. The molecule has 6 heteroatoms. The van der Waals surface area contributed by atoms with E-state index >= 15 is 0 Å². The first-order valence-corrected chi connectivity index (χ1v) is 10.5. The second kappa shape index (κ2) is 4.66. The highest BCUT2D eigenvalue weighted by molar-refractivity contribution is 6.07. The molecule has 6 fully saturated rings. The zero-order valence-corrected chi connectivity index (χ0v) is 18.1. The molecule has 5 saturated heterocycles. The number of fused-ring (bicyclic) bond motifs is 2. The van der Waals surface area contributed by atoms with Gasteiger partial charge in [0, 0.05) is 32.1 Å². The highest BCUT2D eigenvalue weighted by Gasteiger charge is 2.83. The first-order chi connectivity index (χ1) is 12.8. The smallest absolute Gasteiger partial charge is 0.243 e. The van der Waals surface area contributed by atoms with Crippen LogP contribution in [-0.2, 0) is 14.4 Å². The Morgan fingerprint density at radius 1 is 1.04 bits per heavy atom. The number of piperazine rings is 1. The number of hydrogen-bond acceptors (Lipinski definition) is 4. The minimum absolute atomic E-state index is 0.0275. The number of carbonyl (C=O) groups excluding carboxylic acids is 3. The Balaban J connectivity index is 1.78. The summed E-state index contributed by atoms with van der Waals surface area (Å²) < 4.78 is 0. The zero-order valence-electron chi connectivity index (χ0n) is 18.1. The van der Waals surface area contributed by atoms with Crippen LogP contribution in [0.2, 0.25) is 0 Å². The van der Waals surface area contributed by atoms with Crippen molar-refractivity contribution in [2.24, 2.45) is 16.7 Å². The van der Waals surface area contributed by atoms with E-state index in [1.54, 1.807) is 7.05 Å². The number of piperidine rings is 2. The third-order valence-corrected chi connectivity index (χ3v) is 9.54. The van der Waals surface area contributed by atoms with E-state index in [9.17, 15) is 14.4 Å². The molecular formula is C22H32N3O3. The molecule has 6 rings (SSSR count). The van der Waals surface area contributed by atoms with Crippen LogP contribution in [0.15, 0.2) is 0 Å². The lowest BCUT2D eigenvalue weighted by atomic mass is 9.61. The highest BCUT2D eigenvalue weighted by Crippen LogP contribution is 2.72. The predicted octanol–water partition coefficient (Wildman–Crippen LogP) is 1.84. The Morgan fingerprint density at radius 2 is 1.68 bits per heavy atom. The quantitative estimate of drug-likeness (QED) is 0.596. The van der Waals surface area contributed by atoms with Crippen LogP contribution in [0.3, 0.4) is 0 Å². The Labute approximate surface area is 167 Å². The number of rotatable bonds is 0. The van der Waals surface area contributed by atoms with Crippen LogP contribution in [0.4, 0.5) is 0 Å². The summed E-state index contributed by atoms with van der Waals surface area (Å²) in [6.45, 7) is 11.0. The van der Waals surface area contributed by atoms with Gasteiger partial charge in [0.25, 0.3) is 0 Å². The molecule has 1 aliphatic carbocycles. The molecule has 6 aliphatic rings. The van der Waals surface area contributed by atoms with E-state index in [-0.39, 0.29) is 41.6 Å². The summed E-state index contributed by atoms with van der Waals surface area (Å²) in [7, 11) is 3.52. The van der Waals surface area contributed by atoms with Crippen molar-refractivity contribution in [1.82, 2.24) is 14.7 Å². The van der Waals surface area contributed by atoms with Crippen molar-refractivity contribution >= 4 is 17.7 Å². The zero-order chi connectivity index (χ0) is 20.7. The van der Waals surface area contributed by atoms with Crippen molar-refractivity contribution in [3.8, 4) is 0 Å². The van der Waals surface area contributed by atoms with Crippen LogP contribution < -0.4 is 0 Å². The molecule has 2 bridgehead atoms. The van der Waals surface area contributed by atoms with Crippen molar-refractivity contribution in [3.63, 3.8) is 0 Å². The summed E-state index contributed by atoms with van der Waals surface area (Å²) in [5.41, 5.74) is -2.32. The van der Waals surface area contributed by atoms with Gasteiger partial charge in [-0.3, -0.25) is 24.2 Å². The predicted molar refractivity (Wildman–Crippen MR) is 104 cm³/mol. The van der Waals surface area contributed by atoms with Gasteiger partial charge in [-0.15, -0.1) is 0 Å². The molecule has 3 spiro atoms. The van der Waals surface area contributed by atoms with Crippen molar-refractivity contribution in [3.05, 3.63) is 6.42 Å². The molecule has 28 heavy (non-hydrogen) atoms. The standard InChI is InChI=1S/C22H32N3O3/c1-13-10-18(2,3)25-15-19(4,5)20(11-14(26)23(6)16(20)27)12-21(15)8-9-22(13,25)17(28)24(21)7/h8,13,15H,9-12H2,1-7H3/t13-,15?,20-,21+,22+/m0/s1. The molecule has 0 aromatic carbocycles. The van der Waals surface area contributed by atoms with Gasteiger partial charge in [0.1, 0.15) is 5.54 Å². The molecule has 0 aromatic heterocycles. The monoisotopic (exact) mass is 386 g/mol. The Hall–Kier alpha value is -1.43. The molecule has 0 aromatic rings. The largest absolute Gasteiger partial charge is 0.337 e. The fraction of sp³-hybridized carbons (Fsp3) is 0.818. The van der Waals surface area contributed by atoms with Gasteiger partial charge in [-0.25, -0.2) is 0 Å². The summed E-state index contributed by atoms with van der Waals surface area (Å²) in [5.74, 6) is 0.286. The Kier molecular flexibility index (Phi) is 3.09. The van der Waals surface area contributed by atoms with E-state index in [2.05, 4.69) is 45.9 Å². The van der Waals surface area contributed by atoms with Crippen LogP contribution in [0.1, 0.15) is 60.3 Å². The fourth-order valence-corrected chi connectivity index (χ4v) is 8.28. The lowest BCUT2D eigenvalue weighted by Gasteiger charge is -2.67. The van der Waals surface area contributed by atoms with Gasteiger partial charge < -0.3 is 4.90 Å². The lowest BCUT2D eigenvalue weighted by Crippen LogP contribution is -2.83. The van der Waals surface area contributed by atoms with Crippen LogP contribution in [0, 0.1) is 23.2 Å². The van der Waals surface area contributed by atoms with Gasteiger partial charge in [-0.1, -0.05) is 20.8 Å². The Bertz CT molecular complexity index is 835. The SMILES string of the molecule is C[C@H]1CC(C)(C)N2C3C(C)(C)[C@@]4(CC(=O)N(C)C4=O)C[C@]34[CH]C[C@]12C(=O)N4C. The van der Waals surface area contributed by atoms with Gasteiger partial charge in [0.05, 0.1) is 11.0 Å². The normalized spacial score (nSPS) is 48.8. The number of likely N-dealkylation sites (N-methyl/N-ethyl adjacent to an activating group) is 1. The number of hydrogen-bond donors (Lipinski definition) is 0. The van der Waals surface area contributed by atoms with E-state index in [1.165, 1.54) is 4.90 Å². The molecule has 1 unspecified atom stereocenters. The summed E-state index contributed by atoms with van der Waals surface area (Å²) in [5, 5.41) is 0. The van der Waals surface area contributed by atoms with E-state index in [4.69, 9.17) is 0 Å². The van der Waals surface area contributed by atoms with Gasteiger partial charge in [-0.2, -0.15) is 0 Å². The first kappa shape index (κ1) is 18.6. The number of carbonyl (C=O) groups is 3. The van der Waals surface area contributed by atoms with Crippen LogP contribution >= 0.6 is 0 Å². The van der Waals surface area contributed by atoms with Gasteiger partial charge >= 0.3 is 0 Å².